The summed E-state index contributed by atoms with van der Waals surface area (Å²) in [7, 11) is 0. The highest BCUT2D eigenvalue weighted by Gasteiger charge is 2.20. The van der Waals surface area contributed by atoms with Gasteiger partial charge in [0, 0.05) is 44.8 Å². The van der Waals surface area contributed by atoms with Gasteiger partial charge in [0.15, 0.2) is 5.13 Å². The van der Waals surface area contributed by atoms with Gasteiger partial charge >= 0.3 is 0 Å². The molecule has 152 valence electrons. The number of aryl methyl sites for hydroxylation is 1. The van der Waals surface area contributed by atoms with Gasteiger partial charge in [0.25, 0.3) is 5.91 Å². The van der Waals surface area contributed by atoms with Crippen LogP contribution in [0.25, 0.3) is 10.2 Å². The Morgan fingerprint density at radius 3 is 2.76 bits per heavy atom. The van der Waals surface area contributed by atoms with E-state index in [1.165, 1.54) is 22.4 Å². The minimum absolute atomic E-state index is 0.232. The molecule has 0 saturated carbocycles. The van der Waals surface area contributed by atoms with Crippen molar-refractivity contribution in [3.05, 3.63) is 59.4 Å². The van der Waals surface area contributed by atoms with E-state index in [1.54, 1.807) is 23.5 Å². The number of aromatic nitrogens is 1. The van der Waals surface area contributed by atoms with E-state index in [-0.39, 0.29) is 5.91 Å². The van der Waals surface area contributed by atoms with Crippen LogP contribution >= 0.6 is 11.3 Å². The Balaban J connectivity index is 1.26. The third kappa shape index (κ3) is 4.74. The van der Waals surface area contributed by atoms with Gasteiger partial charge in [-0.25, -0.2) is 9.37 Å². The Kier molecular flexibility index (Phi) is 6.06. The second-order valence-corrected chi connectivity index (χ2v) is 8.26. The van der Waals surface area contributed by atoms with Crippen LogP contribution in [-0.2, 0) is 6.42 Å². The van der Waals surface area contributed by atoms with Gasteiger partial charge in [0.2, 0.25) is 0 Å². The van der Waals surface area contributed by atoms with E-state index in [0.717, 1.165) is 49.8 Å². The van der Waals surface area contributed by atoms with Crippen LogP contribution in [0.2, 0.25) is 0 Å². The molecule has 1 amide bonds. The number of carbonyl (C=O) groups excluding carboxylic acids is 1. The molecule has 2 heterocycles. The first-order valence-corrected chi connectivity index (χ1v) is 10.8. The van der Waals surface area contributed by atoms with Crippen molar-refractivity contribution in [2.75, 3.05) is 44.2 Å². The summed E-state index contributed by atoms with van der Waals surface area (Å²) >= 11 is 1.76. The van der Waals surface area contributed by atoms with Gasteiger partial charge in [-0.3, -0.25) is 9.69 Å². The van der Waals surface area contributed by atoms with Crippen molar-refractivity contribution in [1.29, 1.82) is 0 Å². The lowest BCUT2D eigenvalue weighted by Gasteiger charge is -2.34. The van der Waals surface area contributed by atoms with Crippen LogP contribution in [0, 0.1) is 5.82 Å². The number of carbonyl (C=O) groups is 1. The van der Waals surface area contributed by atoms with Gasteiger partial charge in [-0.2, -0.15) is 0 Å². The first kappa shape index (κ1) is 19.8. The molecule has 0 radical (unpaired) electrons. The summed E-state index contributed by atoms with van der Waals surface area (Å²) in [5.41, 5.74) is 2.78. The topological polar surface area (TPSA) is 48.5 Å². The van der Waals surface area contributed by atoms with E-state index in [2.05, 4.69) is 40.2 Å². The average Bonchev–Trinajstić information content (AvgIpc) is 3.17. The van der Waals surface area contributed by atoms with Crippen LogP contribution in [0.4, 0.5) is 9.52 Å². The van der Waals surface area contributed by atoms with E-state index in [9.17, 15) is 9.18 Å². The minimum Gasteiger partial charge on any atom is -0.351 e. The van der Waals surface area contributed by atoms with Crippen LogP contribution in [0.15, 0.2) is 42.5 Å². The Labute approximate surface area is 174 Å². The number of benzene rings is 2. The molecule has 1 aliphatic heterocycles. The van der Waals surface area contributed by atoms with Crippen molar-refractivity contribution in [3.63, 3.8) is 0 Å². The molecule has 4 rings (SSSR count). The molecular formula is C22H25FN4OS. The van der Waals surface area contributed by atoms with Crippen molar-refractivity contribution >= 4 is 32.6 Å². The fourth-order valence-electron chi connectivity index (χ4n) is 3.53. The van der Waals surface area contributed by atoms with E-state index in [0.29, 0.717) is 12.1 Å². The number of nitrogens with one attached hydrogen (secondary N) is 1. The van der Waals surface area contributed by atoms with Gasteiger partial charge in [-0.15, -0.1) is 0 Å². The second-order valence-electron chi connectivity index (χ2n) is 7.25. The zero-order valence-electron chi connectivity index (χ0n) is 16.5. The lowest BCUT2D eigenvalue weighted by atomic mass is 10.2. The maximum Gasteiger partial charge on any atom is 0.251 e. The summed E-state index contributed by atoms with van der Waals surface area (Å²) in [6.07, 6.45) is 1.04. The van der Waals surface area contributed by atoms with Crippen LogP contribution in [-0.4, -0.2) is 55.1 Å². The zero-order valence-corrected chi connectivity index (χ0v) is 17.3. The number of nitrogens with zero attached hydrogens (tertiary/aromatic N) is 3. The van der Waals surface area contributed by atoms with Crippen LogP contribution in [0.5, 0.6) is 0 Å². The summed E-state index contributed by atoms with van der Waals surface area (Å²) < 4.78 is 14.5. The Morgan fingerprint density at radius 1 is 1.17 bits per heavy atom. The Morgan fingerprint density at radius 2 is 2.00 bits per heavy atom. The molecule has 1 N–H and O–H groups in total. The molecule has 1 aliphatic rings. The molecule has 1 aromatic heterocycles. The highest BCUT2D eigenvalue weighted by Crippen LogP contribution is 2.30. The number of fused-ring (bicyclic) bond motifs is 1. The number of rotatable bonds is 6. The lowest BCUT2D eigenvalue weighted by molar-refractivity contribution is 0.0947. The van der Waals surface area contributed by atoms with E-state index in [4.69, 9.17) is 4.98 Å². The fourth-order valence-corrected chi connectivity index (χ4v) is 4.62. The first-order valence-electron chi connectivity index (χ1n) is 10.0. The largest absolute Gasteiger partial charge is 0.351 e. The minimum atomic E-state index is -0.394. The van der Waals surface area contributed by atoms with Crippen molar-refractivity contribution in [2.45, 2.75) is 13.3 Å². The SMILES string of the molecule is CCc1ccc2nc(N3CCN(CCNC(=O)c4cccc(F)c4)CC3)sc2c1. The fraction of sp³-hybridized carbons (Fsp3) is 0.364. The number of hydrogen-bond acceptors (Lipinski definition) is 5. The van der Waals surface area contributed by atoms with Crippen molar-refractivity contribution in [3.8, 4) is 0 Å². The normalized spacial score (nSPS) is 15.0. The number of halogens is 1. The molecule has 5 nitrogen and oxygen atoms in total. The van der Waals surface area contributed by atoms with Crippen LogP contribution < -0.4 is 10.2 Å². The maximum atomic E-state index is 13.2. The lowest BCUT2D eigenvalue weighted by Crippen LogP contribution is -2.48. The number of anilines is 1. The van der Waals surface area contributed by atoms with Crippen molar-refractivity contribution < 1.29 is 9.18 Å². The summed E-state index contributed by atoms with van der Waals surface area (Å²) in [4.78, 5) is 21.6. The first-order chi connectivity index (χ1) is 14.1. The predicted octanol–water partition coefficient (Wildman–Crippen LogP) is 3.55. The summed E-state index contributed by atoms with van der Waals surface area (Å²) in [6.45, 7) is 7.24. The second kappa shape index (κ2) is 8.88. The molecule has 7 heteroatoms. The summed E-state index contributed by atoms with van der Waals surface area (Å²) in [5.74, 6) is -0.626. The predicted molar refractivity (Wildman–Crippen MR) is 116 cm³/mol. The highest BCUT2D eigenvalue weighted by molar-refractivity contribution is 7.22. The Bertz CT molecular complexity index is 997. The van der Waals surface area contributed by atoms with E-state index in [1.807, 2.05) is 0 Å². The number of piperazine rings is 1. The van der Waals surface area contributed by atoms with Gasteiger partial charge < -0.3 is 10.2 Å². The third-order valence-corrected chi connectivity index (χ3v) is 6.37. The molecular weight excluding hydrogens is 387 g/mol. The highest BCUT2D eigenvalue weighted by atomic mass is 32.1. The van der Waals surface area contributed by atoms with Gasteiger partial charge in [-0.1, -0.05) is 30.4 Å². The van der Waals surface area contributed by atoms with E-state index >= 15 is 0 Å². The smallest absolute Gasteiger partial charge is 0.251 e. The zero-order chi connectivity index (χ0) is 20.2. The Hall–Kier alpha value is -2.51. The van der Waals surface area contributed by atoms with Gasteiger partial charge in [-0.05, 0) is 42.3 Å². The maximum absolute atomic E-state index is 13.2. The van der Waals surface area contributed by atoms with E-state index < -0.39 is 5.82 Å². The molecule has 0 unspecified atom stereocenters. The monoisotopic (exact) mass is 412 g/mol. The molecule has 0 bridgehead atoms. The van der Waals surface area contributed by atoms with Crippen LogP contribution in [0.3, 0.4) is 0 Å². The molecule has 1 fully saturated rings. The third-order valence-electron chi connectivity index (χ3n) is 5.29. The van der Waals surface area contributed by atoms with Gasteiger partial charge in [0.05, 0.1) is 10.2 Å². The molecule has 0 spiro atoms. The molecule has 2 aromatic carbocycles. The van der Waals surface area contributed by atoms with Crippen molar-refractivity contribution in [2.24, 2.45) is 0 Å². The number of amides is 1. The van der Waals surface area contributed by atoms with Crippen LogP contribution in [0.1, 0.15) is 22.8 Å². The number of hydrogen-bond donors (Lipinski definition) is 1. The average molecular weight is 413 g/mol. The quantitative estimate of drug-likeness (QED) is 0.673. The molecule has 1 saturated heterocycles. The standard InChI is InChI=1S/C22H25FN4OS/c1-2-16-6-7-19-20(14-16)29-22(25-19)27-12-10-26(11-13-27)9-8-24-21(28)17-4-3-5-18(23)15-17/h3-7,14-15H,2,8-13H2,1H3,(H,24,28). The van der Waals surface area contributed by atoms with Crippen molar-refractivity contribution in [1.82, 2.24) is 15.2 Å². The molecule has 0 aliphatic carbocycles. The summed E-state index contributed by atoms with van der Waals surface area (Å²) in [5, 5.41) is 3.96. The number of thiazole rings is 1. The van der Waals surface area contributed by atoms with Gasteiger partial charge in [0.1, 0.15) is 5.82 Å². The molecule has 0 atom stereocenters. The molecule has 29 heavy (non-hydrogen) atoms. The molecule has 3 aromatic rings. The summed E-state index contributed by atoms with van der Waals surface area (Å²) in [6, 6.07) is 12.3.